The Bertz CT molecular complexity index is 1380. The van der Waals surface area contributed by atoms with Crippen molar-refractivity contribution in [1.82, 2.24) is 14.6 Å². The predicted octanol–water partition coefficient (Wildman–Crippen LogP) is 6.32. The van der Waals surface area contributed by atoms with Gasteiger partial charge < -0.3 is 0 Å². The molecule has 2 aromatic heterocycles. The molecule has 1 amide bonds. The van der Waals surface area contributed by atoms with Crippen molar-refractivity contribution in [1.29, 1.82) is 0 Å². The second-order valence-electron chi connectivity index (χ2n) is 7.38. The monoisotopic (exact) mass is 450 g/mol. The Hall–Kier alpha value is -4.22. The molecule has 0 radical (unpaired) electrons. The van der Waals surface area contributed by atoms with Gasteiger partial charge in [0.2, 0.25) is 0 Å². The van der Waals surface area contributed by atoms with Crippen LogP contribution in [0, 0.1) is 0 Å². The molecule has 2 heterocycles. The molecular weight excluding hydrogens is 432 g/mol. The summed E-state index contributed by atoms with van der Waals surface area (Å²) in [5, 5.41) is 0.629. The molecule has 0 saturated heterocycles. The van der Waals surface area contributed by atoms with E-state index in [1.165, 1.54) is 0 Å². The van der Waals surface area contributed by atoms with Gasteiger partial charge in [0.1, 0.15) is 0 Å². The SMILES string of the molecule is O=C(Nn1c(-c2ccc(Cl)cc2)nc(-c2ccccc2)c1-c1ccccc1)c1ccncc1. The van der Waals surface area contributed by atoms with Gasteiger partial charge in [0.15, 0.2) is 5.82 Å². The van der Waals surface area contributed by atoms with Crippen LogP contribution < -0.4 is 5.43 Å². The van der Waals surface area contributed by atoms with Crippen molar-refractivity contribution in [2.45, 2.75) is 0 Å². The molecule has 33 heavy (non-hydrogen) atoms. The van der Waals surface area contributed by atoms with Crippen LogP contribution in [0.15, 0.2) is 109 Å². The van der Waals surface area contributed by atoms with E-state index >= 15 is 0 Å². The number of hydrogen-bond donors (Lipinski definition) is 1. The van der Waals surface area contributed by atoms with Gasteiger partial charge in [-0.1, -0.05) is 72.3 Å². The molecule has 0 aliphatic heterocycles. The summed E-state index contributed by atoms with van der Waals surface area (Å²) in [5.41, 5.74) is 7.81. The Morgan fingerprint density at radius 1 is 0.727 bits per heavy atom. The van der Waals surface area contributed by atoms with Crippen molar-refractivity contribution in [3.8, 4) is 33.9 Å². The van der Waals surface area contributed by atoms with Crippen molar-refractivity contribution >= 4 is 17.5 Å². The van der Waals surface area contributed by atoms with Gasteiger partial charge in [-0.05, 0) is 36.4 Å². The normalized spacial score (nSPS) is 10.7. The quantitative estimate of drug-likeness (QED) is 0.341. The third-order valence-electron chi connectivity index (χ3n) is 5.23. The number of rotatable bonds is 5. The highest BCUT2D eigenvalue weighted by Gasteiger charge is 2.23. The number of nitrogens with zero attached hydrogens (tertiary/aromatic N) is 3. The molecule has 0 fully saturated rings. The van der Waals surface area contributed by atoms with Gasteiger partial charge in [-0.3, -0.25) is 15.2 Å². The minimum atomic E-state index is -0.262. The molecular formula is C27H19ClN4O. The van der Waals surface area contributed by atoms with Crippen LogP contribution in [0.4, 0.5) is 0 Å². The van der Waals surface area contributed by atoms with Crippen molar-refractivity contribution in [2.75, 3.05) is 5.43 Å². The number of pyridine rings is 1. The van der Waals surface area contributed by atoms with Crippen LogP contribution in [0.5, 0.6) is 0 Å². The van der Waals surface area contributed by atoms with E-state index in [1.807, 2.05) is 84.9 Å². The van der Waals surface area contributed by atoms with E-state index in [1.54, 1.807) is 29.2 Å². The van der Waals surface area contributed by atoms with E-state index in [0.29, 0.717) is 16.4 Å². The van der Waals surface area contributed by atoms with E-state index < -0.39 is 0 Å². The fourth-order valence-corrected chi connectivity index (χ4v) is 3.78. The molecule has 5 rings (SSSR count). The fourth-order valence-electron chi connectivity index (χ4n) is 3.65. The maximum absolute atomic E-state index is 13.2. The topological polar surface area (TPSA) is 59.8 Å². The highest BCUT2D eigenvalue weighted by molar-refractivity contribution is 6.30. The Kier molecular flexibility index (Phi) is 5.70. The molecule has 5 aromatic rings. The van der Waals surface area contributed by atoms with E-state index in [-0.39, 0.29) is 5.91 Å². The zero-order chi connectivity index (χ0) is 22.6. The van der Waals surface area contributed by atoms with E-state index in [0.717, 1.165) is 28.1 Å². The zero-order valence-electron chi connectivity index (χ0n) is 17.5. The van der Waals surface area contributed by atoms with E-state index in [9.17, 15) is 4.79 Å². The van der Waals surface area contributed by atoms with Crippen molar-refractivity contribution in [3.63, 3.8) is 0 Å². The van der Waals surface area contributed by atoms with Crippen molar-refractivity contribution in [3.05, 3.63) is 120 Å². The van der Waals surface area contributed by atoms with E-state index in [4.69, 9.17) is 16.6 Å². The van der Waals surface area contributed by atoms with Crippen LogP contribution in [0.25, 0.3) is 33.9 Å². The number of imidazole rings is 1. The summed E-state index contributed by atoms with van der Waals surface area (Å²) >= 11 is 6.13. The average Bonchev–Trinajstić information content (AvgIpc) is 3.25. The lowest BCUT2D eigenvalue weighted by Gasteiger charge is -2.14. The molecule has 5 nitrogen and oxygen atoms in total. The first-order chi connectivity index (χ1) is 16.2. The number of halogens is 1. The summed E-state index contributed by atoms with van der Waals surface area (Å²) in [6.45, 7) is 0. The minimum absolute atomic E-state index is 0.262. The van der Waals surface area contributed by atoms with Gasteiger partial charge in [0.05, 0.1) is 11.4 Å². The molecule has 0 bridgehead atoms. The molecule has 3 aromatic carbocycles. The zero-order valence-corrected chi connectivity index (χ0v) is 18.3. The van der Waals surface area contributed by atoms with Crippen molar-refractivity contribution in [2.24, 2.45) is 0 Å². The van der Waals surface area contributed by atoms with Crippen molar-refractivity contribution < 1.29 is 4.79 Å². The first kappa shape index (κ1) is 20.7. The van der Waals surface area contributed by atoms with Gasteiger partial charge in [-0.15, -0.1) is 0 Å². The Morgan fingerprint density at radius 2 is 1.33 bits per heavy atom. The van der Waals surface area contributed by atoms with Crippen LogP contribution in [0.3, 0.4) is 0 Å². The maximum atomic E-state index is 13.2. The Labute approximate surface area is 196 Å². The van der Waals surface area contributed by atoms with Gasteiger partial charge >= 0.3 is 0 Å². The number of amides is 1. The summed E-state index contributed by atoms with van der Waals surface area (Å²) in [5.74, 6) is 0.341. The molecule has 6 heteroatoms. The minimum Gasteiger partial charge on any atom is -0.267 e. The molecule has 0 aliphatic carbocycles. The molecule has 0 saturated carbocycles. The van der Waals surface area contributed by atoms with Crippen LogP contribution >= 0.6 is 11.6 Å². The largest absolute Gasteiger partial charge is 0.270 e. The van der Waals surface area contributed by atoms with Gasteiger partial charge in [-0.25, -0.2) is 9.66 Å². The molecule has 0 spiro atoms. The lowest BCUT2D eigenvalue weighted by molar-refractivity contribution is 0.101. The average molecular weight is 451 g/mol. The Morgan fingerprint density at radius 3 is 1.97 bits per heavy atom. The van der Waals surface area contributed by atoms with Gasteiger partial charge in [0, 0.05) is 39.7 Å². The summed E-state index contributed by atoms with van der Waals surface area (Å²) < 4.78 is 1.75. The second-order valence-corrected chi connectivity index (χ2v) is 7.82. The highest BCUT2D eigenvalue weighted by atomic mass is 35.5. The lowest BCUT2D eigenvalue weighted by atomic mass is 10.1. The van der Waals surface area contributed by atoms with E-state index in [2.05, 4.69) is 10.4 Å². The lowest BCUT2D eigenvalue weighted by Crippen LogP contribution is -2.24. The number of hydrogen-bond acceptors (Lipinski definition) is 3. The van der Waals surface area contributed by atoms with Crippen LogP contribution in [0.2, 0.25) is 5.02 Å². The third-order valence-corrected chi connectivity index (χ3v) is 5.48. The fraction of sp³-hybridized carbons (Fsp3) is 0. The maximum Gasteiger partial charge on any atom is 0.270 e. The number of nitrogens with one attached hydrogen (secondary N) is 1. The summed E-state index contributed by atoms with van der Waals surface area (Å²) in [6.07, 6.45) is 3.19. The molecule has 0 unspecified atom stereocenters. The predicted molar refractivity (Wildman–Crippen MR) is 131 cm³/mol. The first-order valence-electron chi connectivity index (χ1n) is 10.4. The smallest absolute Gasteiger partial charge is 0.267 e. The summed E-state index contributed by atoms with van der Waals surface area (Å²) in [4.78, 5) is 22.2. The standard InChI is InChI=1S/C27H19ClN4O/c28-23-13-11-21(12-14-23)26-30-24(19-7-3-1-4-8-19)25(20-9-5-2-6-10-20)32(26)31-27(33)22-15-17-29-18-16-22/h1-18H,(H,31,33). The second kappa shape index (κ2) is 9.10. The summed E-state index contributed by atoms with van der Waals surface area (Å²) in [7, 11) is 0. The van der Waals surface area contributed by atoms with Gasteiger partial charge in [0.25, 0.3) is 5.91 Å². The van der Waals surface area contributed by atoms with Crippen LogP contribution in [-0.4, -0.2) is 20.6 Å². The molecule has 0 aliphatic rings. The number of carbonyl (C=O) groups is 1. The van der Waals surface area contributed by atoms with Crippen LogP contribution in [-0.2, 0) is 0 Å². The highest BCUT2D eigenvalue weighted by Crippen LogP contribution is 2.35. The van der Waals surface area contributed by atoms with Gasteiger partial charge in [-0.2, -0.15) is 0 Å². The third kappa shape index (κ3) is 4.27. The van der Waals surface area contributed by atoms with Crippen LogP contribution in [0.1, 0.15) is 10.4 Å². The number of benzene rings is 3. The first-order valence-corrected chi connectivity index (χ1v) is 10.8. The molecule has 1 N–H and O–H groups in total. The molecule has 0 atom stereocenters. The number of carbonyl (C=O) groups excluding carboxylic acids is 1. The number of aromatic nitrogens is 3. The molecule has 160 valence electrons. The Balaban J connectivity index is 1.75. The summed E-state index contributed by atoms with van der Waals surface area (Å²) in [6, 6.07) is 30.6.